The van der Waals surface area contributed by atoms with Crippen LogP contribution in [0.4, 0.5) is 0 Å². The van der Waals surface area contributed by atoms with Gasteiger partial charge in [-0.1, -0.05) is 30.3 Å². The summed E-state index contributed by atoms with van der Waals surface area (Å²) >= 11 is 5.74. The first-order valence-corrected chi connectivity index (χ1v) is 6.41. The Kier molecular flexibility index (Phi) is 5.25. The van der Waals surface area contributed by atoms with Crippen LogP contribution in [0.25, 0.3) is 0 Å². The second kappa shape index (κ2) is 6.50. The van der Waals surface area contributed by atoms with Gasteiger partial charge in [0.15, 0.2) is 0 Å². The predicted molar refractivity (Wildman–Crippen MR) is 83.7 cm³/mol. The standard InChI is InChI=1S/C15H20ClN3O/c1-9(2)8-14-19(18)15(12(5)20-14)13(11(4)17)7-6-10(3)16/h6-8H,1,3,17-18H2,2,4-5H3/b7-6-,13-11+,14-8+. The first-order valence-electron chi connectivity index (χ1n) is 6.04. The van der Waals surface area contributed by atoms with Crippen molar-refractivity contribution >= 4 is 11.6 Å². The molecule has 0 aromatic rings. The highest BCUT2D eigenvalue weighted by molar-refractivity contribution is 6.30. The van der Waals surface area contributed by atoms with E-state index in [0.717, 1.165) is 11.1 Å². The summed E-state index contributed by atoms with van der Waals surface area (Å²) in [5, 5.41) is 1.85. The van der Waals surface area contributed by atoms with Gasteiger partial charge < -0.3 is 10.5 Å². The van der Waals surface area contributed by atoms with Crippen LogP contribution in [0.15, 0.2) is 70.6 Å². The monoisotopic (exact) mass is 293 g/mol. The van der Waals surface area contributed by atoms with Crippen molar-refractivity contribution in [3.63, 3.8) is 0 Å². The van der Waals surface area contributed by atoms with Crippen LogP contribution >= 0.6 is 11.6 Å². The first-order chi connectivity index (χ1) is 9.23. The van der Waals surface area contributed by atoms with Crippen LogP contribution in [0.3, 0.4) is 0 Å². The van der Waals surface area contributed by atoms with Gasteiger partial charge in [-0.05, 0) is 32.9 Å². The molecule has 5 heteroatoms. The van der Waals surface area contributed by atoms with E-state index >= 15 is 0 Å². The molecule has 0 spiro atoms. The fourth-order valence-corrected chi connectivity index (χ4v) is 1.80. The summed E-state index contributed by atoms with van der Waals surface area (Å²) in [7, 11) is 0. The minimum absolute atomic E-state index is 0.405. The number of halogens is 1. The number of hydrazine groups is 1. The normalized spacial score (nSPS) is 18.6. The Morgan fingerprint density at radius 1 is 1.30 bits per heavy atom. The topological polar surface area (TPSA) is 64.5 Å². The quantitative estimate of drug-likeness (QED) is 0.616. The van der Waals surface area contributed by atoms with E-state index < -0.39 is 0 Å². The van der Waals surface area contributed by atoms with Crippen LogP contribution in [0.2, 0.25) is 0 Å². The van der Waals surface area contributed by atoms with E-state index in [-0.39, 0.29) is 0 Å². The summed E-state index contributed by atoms with van der Waals surface area (Å²) in [4.78, 5) is 0. The van der Waals surface area contributed by atoms with Crippen LogP contribution < -0.4 is 11.6 Å². The number of nitrogens with two attached hydrogens (primary N) is 2. The minimum atomic E-state index is 0.405. The van der Waals surface area contributed by atoms with Crippen molar-refractivity contribution < 1.29 is 4.74 Å². The lowest BCUT2D eigenvalue weighted by molar-refractivity contribution is 0.251. The van der Waals surface area contributed by atoms with E-state index in [1.807, 2.05) is 13.8 Å². The van der Waals surface area contributed by atoms with Crippen molar-refractivity contribution in [3.8, 4) is 0 Å². The van der Waals surface area contributed by atoms with Gasteiger partial charge in [-0.15, -0.1) is 0 Å². The molecule has 4 nitrogen and oxygen atoms in total. The summed E-state index contributed by atoms with van der Waals surface area (Å²) < 4.78 is 5.64. The Hall–Kier alpha value is -1.91. The Morgan fingerprint density at radius 2 is 1.90 bits per heavy atom. The number of hydrogen-bond acceptors (Lipinski definition) is 4. The average molecular weight is 294 g/mol. The van der Waals surface area contributed by atoms with Gasteiger partial charge in [0.25, 0.3) is 0 Å². The maximum atomic E-state index is 6.07. The molecule has 0 amide bonds. The molecule has 0 saturated carbocycles. The first kappa shape index (κ1) is 16.1. The lowest BCUT2D eigenvalue weighted by Crippen LogP contribution is -2.27. The molecule has 0 unspecified atom stereocenters. The van der Waals surface area contributed by atoms with E-state index in [1.54, 1.807) is 25.2 Å². The number of nitrogens with zero attached hydrogens (tertiary/aromatic N) is 1. The summed E-state index contributed by atoms with van der Waals surface area (Å²) in [6.07, 6.45) is 5.17. The third-order valence-corrected chi connectivity index (χ3v) is 2.68. The summed E-state index contributed by atoms with van der Waals surface area (Å²) in [5.74, 6) is 7.23. The molecule has 1 aliphatic heterocycles. The Morgan fingerprint density at radius 3 is 2.35 bits per heavy atom. The van der Waals surface area contributed by atoms with Crippen LogP contribution in [0.1, 0.15) is 20.8 Å². The minimum Gasteiger partial charge on any atom is -0.442 e. The molecular formula is C15H20ClN3O. The second-order valence-electron chi connectivity index (χ2n) is 4.58. The number of rotatable bonds is 4. The zero-order chi connectivity index (χ0) is 15.4. The van der Waals surface area contributed by atoms with Gasteiger partial charge in [-0.3, -0.25) is 0 Å². The summed E-state index contributed by atoms with van der Waals surface area (Å²) in [6.45, 7) is 12.9. The molecule has 0 bridgehead atoms. The van der Waals surface area contributed by atoms with Gasteiger partial charge in [0.2, 0.25) is 5.88 Å². The van der Waals surface area contributed by atoms with Crippen molar-refractivity contribution in [2.24, 2.45) is 11.6 Å². The molecule has 0 radical (unpaired) electrons. The molecule has 0 aromatic heterocycles. The molecule has 0 saturated heterocycles. The zero-order valence-electron chi connectivity index (χ0n) is 12.0. The lowest BCUT2D eigenvalue weighted by Gasteiger charge is -2.16. The smallest absolute Gasteiger partial charge is 0.214 e. The lowest BCUT2D eigenvalue weighted by atomic mass is 10.1. The summed E-state index contributed by atoms with van der Waals surface area (Å²) in [5.41, 5.74) is 8.78. The molecule has 1 heterocycles. The van der Waals surface area contributed by atoms with Crippen molar-refractivity contribution in [2.45, 2.75) is 20.8 Å². The van der Waals surface area contributed by atoms with E-state index in [9.17, 15) is 0 Å². The van der Waals surface area contributed by atoms with Crippen LogP contribution in [-0.2, 0) is 4.74 Å². The number of hydrogen-bond donors (Lipinski definition) is 2. The van der Waals surface area contributed by atoms with Gasteiger partial charge in [-0.2, -0.15) is 0 Å². The molecule has 1 aliphatic rings. The SMILES string of the molecule is C=C(Cl)/C=C\C(C1=C(C)O/C(=C/C(=C)C)N1N)=C(\C)N. The number of allylic oxidation sites excluding steroid dienone is 7. The predicted octanol–water partition coefficient (Wildman–Crippen LogP) is 3.38. The molecule has 0 fully saturated rings. The van der Waals surface area contributed by atoms with Gasteiger partial charge in [0.05, 0.1) is 0 Å². The van der Waals surface area contributed by atoms with E-state index in [4.69, 9.17) is 27.9 Å². The van der Waals surface area contributed by atoms with Crippen LogP contribution in [0, 0.1) is 0 Å². The summed E-state index contributed by atoms with van der Waals surface area (Å²) in [6, 6.07) is 0. The Bertz CT molecular complexity index is 564. The van der Waals surface area contributed by atoms with Gasteiger partial charge in [0.1, 0.15) is 11.5 Å². The van der Waals surface area contributed by atoms with Crippen molar-refractivity contribution in [3.05, 3.63) is 70.6 Å². The maximum absolute atomic E-state index is 6.07. The fourth-order valence-electron chi connectivity index (χ4n) is 1.73. The van der Waals surface area contributed by atoms with Crippen molar-refractivity contribution in [1.29, 1.82) is 0 Å². The van der Waals surface area contributed by atoms with Crippen LogP contribution in [-0.4, -0.2) is 5.01 Å². The largest absolute Gasteiger partial charge is 0.442 e. The van der Waals surface area contributed by atoms with E-state index in [2.05, 4.69) is 13.2 Å². The molecule has 0 aromatic carbocycles. The molecule has 0 aliphatic carbocycles. The van der Waals surface area contributed by atoms with Crippen molar-refractivity contribution in [2.75, 3.05) is 0 Å². The highest BCUT2D eigenvalue weighted by atomic mass is 35.5. The van der Waals surface area contributed by atoms with Gasteiger partial charge in [0, 0.05) is 22.4 Å². The third-order valence-electron chi connectivity index (χ3n) is 2.55. The highest BCUT2D eigenvalue weighted by Crippen LogP contribution is 2.32. The van der Waals surface area contributed by atoms with Gasteiger partial charge in [-0.25, -0.2) is 10.9 Å². The Balaban J connectivity index is 3.23. The molecule has 20 heavy (non-hydrogen) atoms. The molecule has 0 atom stereocenters. The third kappa shape index (κ3) is 3.79. The van der Waals surface area contributed by atoms with Gasteiger partial charge >= 0.3 is 0 Å². The second-order valence-corrected chi connectivity index (χ2v) is 5.07. The molecule has 1 rings (SSSR count). The zero-order valence-corrected chi connectivity index (χ0v) is 12.8. The average Bonchev–Trinajstić information content (AvgIpc) is 2.55. The molecule has 4 N–H and O–H groups in total. The molecule has 108 valence electrons. The van der Waals surface area contributed by atoms with E-state index in [1.165, 1.54) is 5.01 Å². The molecular weight excluding hydrogens is 274 g/mol. The highest BCUT2D eigenvalue weighted by Gasteiger charge is 2.27. The number of ether oxygens (including phenoxy) is 1. The van der Waals surface area contributed by atoms with Crippen LogP contribution in [0.5, 0.6) is 0 Å². The fraction of sp³-hybridized carbons (Fsp3) is 0.200. The van der Waals surface area contributed by atoms with E-state index in [0.29, 0.717) is 28.1 Å². The Labute approximate surface area is 125 Å². The maximum Gasteiger partial charge on any atom is 0.214 e. The van der Waals surface area contributed by atoms with Crippen molar-refractivity contribution in [1.82, 2.24) is 5.01 Å².